The summed E-state index contributed by atoms with van der Waals surface area (Å²) in [5.41, 5.74) is 0.440. The number of hydrogen-bond donors (Lipinski definition) is 1. The van der Waals surface area contributed by atoms with E-state index in [1.165, 1.54) is 0 Å². The lowest BCUT2D eigenvalue weighted by Gasteiger charge is -2.34. The Kier molecular flexibility index (Phi) is 8.09. The van der Waals surface area contributed by atoms with Crippen LogP contribution in [0.5, 0.6) is 11.5 Å². The largest absolute Gasteiger partial charge is 0.493 e. The Morgan fingerprint density at radius 2 is 1.63 bits per heavy atom. The summed E-state index contributed by atoms with van der Waals surface area (Å²) in [7, 11) is 0. The van der Waals surface area contributed by atoms with E-state index in [4.69, 9.17) is 9.47 Å². The van der Waals surface area contributed by atoms with Gasteiger partial charge in [0.1, 0.15) is 18.1 Å². The quantitative estimate of drug-likeness (QED) is 0.684. The lowest BCUT2D eigenvalue weighted by molar-refractivity contribution is -0.131. The van der Waals surface area contributed by atoms with Gasteiger partial charge in [0.15, 0.2) is 0 Å². The van der Waals surface area contributed by atoms with Crippen LogP contribution < -0.4 is 14.8 Å². The zero-order valence-electron chi connectivity index (χ0n) is 17.4. The maximum absolute atomic E-state index is 12.5. The summed E-state index contributed by atoms with van der Waals surface area (Å²) in [5.74, 6) is 1.02. The number of para-hydroxylation sites is 2. The van der Waals surface area contributed by atoms with Gasteiger partial charge in [-0.25, -0.2) is 0 Å². The van der Waals surface area contributed by atoms with Crippen molar-refractivity contribution in [2.45, 2.75) is 6.92 Å². The average molecular weight is 412 g/mol. The van der Waals surface area contributed by atoms with E-state index in [0.717, 1.165) is 25.4 Å². The maximum Gasteiger partial charge on any atom is 0.255 e. The Labute approximate surface area is 177 Å². The molecule has 160 valence electrons. The highest BCUT2D eigenvalue weighted by atomic mass is 16.5. The molecule has 1 aliphatic rings. The molecule has 0 aromatic heterocycles. The van der Waals surface area contributed by atoms with Crippen molar-refractivity contribution in [3.63, 3.8) is 0 Å². The highest BCUT2D eigenvalue weighted by Gasteiger charge is 2.22. The van der Waals surface area contributed by atoms with Gasteiger partial charge < -0.3 is 19.7 Å². The van der Waals surface area contributed by atoms with Gasteiger partial charge in [0, 0.05) is 32.7 Å². The number of nitrogens with zero attached hydrogens (tertiary/aromatic N) is 2. The number of benzene rings is 2. The molecule has 0 aliphatic carbocycles. The van der Waals surface area contributed by atoms with Crippen molar-refractivity contribution in [3.8, 4) is 11.5 Å². The standard InChI is InChI=1S/C23H29N3O4/c1-2-29-21-11-7-6-10-20(21)23(28)24-18-22(27)26-14-12-25(13-15-26)16-17-30-19-8-4-3-5-9-19/h3-11H,2,12-18H2,1H3,(H,24,28). The monoisotopic (exact) mass is 411 g/mol. The molecule has 2 aromatic rings. The molecule has 1 aliphatic heterocycles. The van der Waals surface area contributed by atoms with Gasteiger partial charge in [-0.05, 0) is 31.2 Å². The number of nitrogens with one attached hydrogen (secondary N) is 1. The molecule has 7 heteroatoms. The van der Waals surface area contributed by atoms with Gasteiger partial charge in [0.05, 0.1) is 18.7 Å². The molecule has 1 N–H and O–H groups in total. The topological polar surface area (TPSA) is 71.1 Å². The summed E-state index contributed by atoms with van der Waals surface area (Å²) in [6.45, 7) is 6.66. The van der Waals surface area contributed by atoms with Crippen LogP contribution in [0.15, 0.2) is 54.6 Å². The van der Waals surface area contributed by atoms with E-state index >= 15 is 0 Å². The smallest absolute Gasteiger partial charge is 0.255 e. The number of carbonyl (C=O) groups is 2. The molecule has 1 heterocycles. The van der Waals surface area contributed by atoms with E-state index in [2.05, 4.69) is 10.2 Å². The molecule has 0 atom stereocenters. The van der Waals surface area contributed by atoms with Crippen LogP contribution in [-0.2, 0) is 4.79 Å². The van der Waals surface area contributed by atoms with Crippen LogP contribution in [0.25, 0.3) is 0 Å². The molecule has 0 radical (unpaired) electrons. The minimum Gasteiger partial charge on any atom is -0.493 e. The Bertz CT molecular complexity index is 820. The molecule has 0 saturated carbocycles. The Morgan fingerprint density at radius 1 is 0.933 bits per heavy atom. The van der Waals surface area contributed by atoms with E-state index in [1.54, 1.807) is 23.1 Å². The second kappa shape index (κ2) is 11.2. The number of carbonyl (C=O) groups excluding carboxylic acids is 2. The maximum atomic E-state index is 12.5. The molecule has 7 nitrogen and oxygen atoms in total. The van der Waals surface area contributed by atoms with Gasteiger partial charge in [0.2, 0.25) is 5.91 Å². The molecule has 1 saturated heterocycles. The van der Waals surface area contributed by atoms with Gasteiger partial charge >= 0.3 is 0 Å². The Morgan fingerprint density at radius 3 is 2.37 bits per heavy atom. The zero-order chi connectivity index (χ0) is 21.2. The first kappa shape index (κ1) is 21.6. The van der Waals surface area contributed by atoms with E-state index in [1.807, 2.05) is 43.3 Å². The molecule has 3 rings (SSSR count). The first-order chi connectivity index (χ1) is 14.7. The number of rotatable bonds is 9. The summed E-state index contributed by atoms with van der Waals surface area (Å²) in [4.78, 5) is 29.0. The van der Waals surface area contributed by atoms with Crippen LogP contribution >= 0.6 is 0 Å². The summed E-state index contributed by atoms with van der Waals surface area (Å²) in [5, 5.41) is 2.71. The normalized spacial score (nSPS) is 14.2. The van der Waals surface area contributed by atoms with E-state index in [9.17, 15) is 9.59 Å². The predicted octanol–water partition coefficient (Wildman–Crippen LogP) is 2.04. The van der Waals surface area contributed by atoms with E-state index < -0.39 is 0 Å². The molecule has 1 fully saturated rings. The van der Waals surface area contributed by atoms with Crippen molar-refractivity contribution in [1.82, 2.24) is 15.1 Å². The Balaban J connectivity index is 1.37. The number of hydrogen-bond acceptors (Lipinski definition) is 5. The lowest BCUT2D eigenvalue weighted by Crippen LogP contribution is -2.51. The summed E-state index contributed by atoms with van der Waals surface area (Å²) >= 11 is 0. The van der Waals surface area contributed by atoms with Crippen LogP contribution in [0.1, 0.15) is 17.3 Å². The van der Waals surface area contributed by atoms with Crippen molar-refractivity contribution in [1.29, 1.82) is 0 Å². The minimum atomic E-state index is -0.302. The lowest BCUT2D eigenvalue weighted by atomic mass is 10.2. The van der Waals surface area contributed by atoms with Crippen molar-refractivity contribution in [2.75, 3.05) is 52.5 Å². The van der Waals surface area contributed by atoms with Gasteiger partial charge in [-0.2, -0.15) is 0 Å². The molecule has 0 spiro atoms. The highest BCUT2D eigenvalue weighted by Crippen LogP contribution is 2.17. The summed E-state index contributed by atoms with van der Waals surface area (Å²) < 4.78 is 11.2. The number of amides is 2. The van der Waals surface area contributed by atoms with Gasteiger partial charge in [-0.1, -0.05) is 30.3 Å². The zero-order valence-corrected chi connectivity index (χ0v) is 17.4. The third kappa shape index (κ3) is 6.22. The van der Waals surface area contributed by atoms with Crippen LogP contribution in [0.3, 0.4) is 0 Å². The van der Waals surface area contributed by atoms with Crippen molar-refractivity contribution in [3.05, 3.63) is 60.2 Å². The third-order valence-electron chi connectivity index (χ3n) is 4.98. The molecular formula is C23H29N3O4. The minimum absolute atomic E-state index is 0.0174. The third-order valence-corrected chi connectivity index (χ3v) is 4.98. The molecule has 0 unspecified atom stereocenters. The Hall–Kier alpha value is -3.06. The highest BCUT2D eigenvalue weighted by molar-refractivity contribution is 5.98. The van der Waals surface area contributed by atoms with Crippen LogP contribution in [0.2, 0.25) is 0 Å². The first-order valence-electron chi connectivity index (χ1n) is 10.4. The molecule has 0 bridgehead atoms. The van der Waals surface area contributed by atoms with E-state index in [-0.39, 0.29) is 18.4 Å². The van der Waals surface area contributed by atoms with Crippen molar-refractivity contribution >= 4 is 11.8 Å². The second-order valence-corrected chi connectivity index (χ2v) is 7.00. The van der Waals surface area contributed by atoms with Crippen LogP contribution in [-0.4, -0.2) is 74.1 Å². The van der Waals surface area contributed by atoms with Gasteiger partial charge in [0.25, 0.3) is 5.91 Å². The fraction of sp³-hybridized carbons (Fsp3) is 0.391. The van der Waals surface area contributed by atoms with Crippen LogP contribution in [0, 0.1) is 0 Å². The average Bonchev–Trinajstić information content (AvgIpc) is 2.79. The van der Waals surface area contributed by atoms with Crippen LogP contribution in [0.4, 0.5) is 0 Å². The second-order valence-electron chi connectivity index (χ2n) is 7.00. The first-order valence-corrected chi connectivity index (χ1v) is 10.4. The fourth-order valence-corrected chi connectivity index (χ4v) is 3.33. The number of piperazine rings is 1. The summed E-state index contributed by atoms with van der Waals surface area (Å²) in [6.07, 6.45) is 0. The molecule has 2 aromatic carbocycles. The summed E-state index contributed by atoms with van der Waals surface area (Å²) in [6, 6.07) is 16.8. The molecule has 2 amide bonds. The van der Waals surface area contributed by atoms with E-state index in [0.29, 0.717) is 37.6 Å². The number of ether oxygens (including phenoxy) is 2. The van der Waals surface area contributed by atoms with Gasteiger partial charge in [-0.3, -0.25) is 14.5 Å². The predicted molar refractivity (Wildman–Crippen MR) is 115 cm³/mol. The SMILES string of the molecule is CCOc1ccccc1C(=O)NCC(=O)N1CCN(CCOc2ccccc2)CC1. The molecule has 30 heavy (non-hydrogen) atoms. The molecular weight excluding hydrogens is 382 g/mol. The van der Waals surface area contributed by atoms with Gasteiger partial charge in [-0.15, -0.1) is 0 Å². The fourth-order valence-electron chi connectivity index (χ4n) is 3.33. The van der Waals surface area contributed by atoms with Crippen molar-refractivity contribution in [2.24, 2.45) is 0 Å². The van der Waals surface area contributed by atoms with Crippen molar-refractivity contribution < 1.29 is 19.1 Å².